The summed E-state index contributed by atoms with van der Waals surface area (Å²) in [5.41, 5.74) is 0. The molecule has 0 aromatic heterocycles. The lowest BCUT2D eigenvalue weighted by Gasteiger charge is -2.19. The van der Waals surface area contributed by atoms with Gasteiger partial charge in [0.2, 0.25) is 0 Å². The van der Waals surface area contributed by atoms with Gasteiger partial charge in [0, 0.05) is 13.2 Å². The van der Waals surface area contributed by atoms with Gasteiger partial charge in [0.15, 0.2) is 0 Å². The van der Waals surface area contributed by atoms with E-state index in [2.05, 4.69) is 27.7 Å². The fraction of sp³-hybridized carbons (Fsp3) is 0.870. The van der Waals surface area contributed by atoms with Crippen molar-refractivity contribution < 1.29 is 23.0 Å². The number of ether oxygens (including phenoxy) is 2. The Hall–Kier alpha value is -0.710. The molecular formula is C46H87O5P. The number of benzene rings is 1. The molecule has 0 bridgehead atoms. The molecule has 0 radical (unpaired) electrons. The number of hydrogen-bond acceptors (Lipinski definition) is 5. The van der Waals surface area contributed by atoms with Crippen LogP contribution in [0, 0.1) is 0 Å². The average molecular weight is 751 g/mol. The van der Waals surface area contributed by atoms with Gasteiger partial charge in [-0.15, -0.1) is 0 Å². The van der Waals surface area contributed by atoms with E-state index < -0.39 is 8.60 Å². The van der Waals surface area contributed by atoms with Gasteiger partial charge in [-0.3, -0.25) is 0 Å². The van der Waals surface area contributed by atoms with Gasteiger partial charge in [0.25, 0.3) is 0 Å². The van der Waals surface area contributed by atoms with Gasteiger partial charge in [-0.2, -0.15) is 0 Å². The molecule has 1 aromatic rings. The highest BCUT2D eigenvalue weighted by Crippen LogP contribution is 2.41. The average Bonchev–Trinajstić information content (AvgIpc) is 3.16. The van der Waals surface area contributed by atoms with Crippen LogP contribution >= 0.6 is 8.60 Å². The summed E-state index contributed by atoms with van der Waals surface area (Å²) in [6.07, 6.45) is 38.9. The highest BCUT2D eigenvalue weighted by atomic mass is 31.2. The minimum Gasteiger partial charge on any atom is -0.427 e. The highest BCUT2D eigenvalue weighted by molar-refractivity contribution is 7.42. The van der Waals surface area contributed by atoms with Crippen molar-refractivity contribution in [3.8, 4) is 5.75 Å². The Kier molecular flexibility index (Phi) is 37.9. The predicted octanol–water partition coefficient (Wildman–Crippen LogP) is 15.9. The third-order valence-electron chi connectivity index (χ3n) is 10.1. The van der Waals surface area contributed by atoms with Crippen molar-refractivity contribution in [1.82, 2.24) is 0 Å². The first-order chi connectivity index (χ1) is 25.7. The molecule has 6 heteroatoms. The monoisotopic (exact) mass is 751 g/mol. The normalized spacial score (nSPS) is 13.4. The van der Waals surface area contributed by atoms with E-state index in [0.717, 1.165) is 57.5 Å². The number of rotatable bonds is 42. The van der Waals surface area contributed by atoms with Crippen LogP contribution in [0.3, 0.4) is 0 Å². The van der Waals surface area contributed by atoms with Crippen LogP contribution in [0.2, 0.25) is 0 Å². The Morgan fingerprint density at radius 2 is 0.731 bits per heavy atom. The lowest BCUT2D eigenvalue weighted by molar-refractivity contribution is 0.0358. The molecule has 1 aromatic carbocycles. The molecule has 1 rings (SSSR count). The van der Waals surface area contributed by atoms with E-state index in [4.69, 9.17) is 23.0 Å². The van der Waals surface area contributed by atoms with E-state index in [9.17, 15) is 0 Å². The zero-order valence-electron chi connectivity index (χ0n) is 35.1. The van der Waals surface area contributed by atoms with Gasteiger partial charge in [0.05, 0.1) is 25.4 Å². The van der Waals surface area contributed by atoms with E-state index in [1.165, 1.54) is 154 Å². The van der Waals surface area contributed by atoms with Crippen molar-refractivity contribution in [3.63, 3.8) is 0 Å². The standard InChI is InChI=1S/C46H87O5P/c1-5-9-13-15-17-19-21-30-40-47-44(34-11-7-3)36-28-24-32-42-49-52(51-46-38-26-23-27-39-46)50-43-33-25-29-37-45(35-12-8-4)48-41-31-22-20-18-16-14-10-6-2/h23,26-27,38-39,44-45H,5-22,24-25,28-37,40-43H2,1-4H3. The molecule has 0 saturated carbocycles. The lowest BCUT2D eigenvalue weighted by Crippen LogP contribution is -2.14. The van der Waals surface area contributed by atoms with Crippen LogP contribution in [-0.4, -0.2) is 38.6 Å². The first kappa shape index (κ1) is 49.3. The molecule has 306 valence electrons. The quantitative estimate of drug-likeness (QED) is 0.0492. The Balaban J connectivity index is 2.29. The van der Waals surface area contributed by atoms with E-state index in [1.54, 1.807) is 0 Å². The number of para-hydroxylation sites is 1. The summed E-state index contributed by atoms with van der Waals surface area (Å²) < 4.78 is 31.3. The molecule has 2 unspecified atom stereocenters. The predicted molar refractivity (Wildman–Crippen MR) is 227 cm³/mol. The molecule has 5 nitrogen and oxygen atoms in total. The molecule has 52 heavy (non-hydrogen) atoms. The van der Waals surface area contributed by atoms with Gasteiger partial charge in [0.1, 0.15) is 5.75 Å². The van der Waals surface area contributed by atoms with Crippen molar-refractivity contribution in [2.24, 2.45) is 0 Å². The zero-order valence-corrected chi connectivity index (χ0v) is 36.0. The molecule has 2 atom stereocenters. The van der Waals surface area contributed by atoms with Crippen molar-refractivity contribution in [2.75, 3.05) is 26.4 Å². The molecule has 0 N–H and O–H groups in total. The number of hydrogen-bond donors (Lipinski definition) is 0. The summed E-state index contributed by atoms with van der Waals surface area (Å²) in [4.78, 5) is 0. The smallest absolute Gasteiger partial charge is 0.397 e. The SMILES string of the molecule is CCCCCCCCCCOC(CCCC)CCCCCOP(OCCCCCC(CCCC)OCCCCCCCCCC)Oc1ccccc1. The largest absolute Gasteiger partial charge is 0.427 e. The molecule has 0 fully saturated rings. The maximum atomic E-state index is 6.37. The molecular weight excluding hydrogens is 663 g/mol. The fourth-order valence-corrected chi connectivity index (χ4v) is 7.72. The van der Waals surface area contributed by atoms with Gasteiger partial charge in [-0.1, -0.05) is 187 Å². The van der Waals surface area contributed by atoms with E-state index in [-0.39, 0.29) is 0 Å². The van der Waals surface area contributed by atoms with Crippen LogP contribution < -0.4 is 4.52 Å². The second kappa shape index (κ2) is 40.0. The molecule has 0 saturated heterocycles. The van der Waals surface area contributed by atoms with Crippen molar-refractivity contribution in [2.45, 2.75) is 233 Å². The van der Waals surface area contributed by atoms with E-state index in [0.29, 0.717) is 25.4 Å². The summed E-state index contributed by atoms with van der Waals surface area (Å²) in [5.74, 6) is 0.813. The maximum Gasteiger partial charge on any atom is 0.397 e. The third kappa shape index (κ3) is 32.7. The highest BCUT2D eigenvalue weighted by Gasteiger charge is 2.16. The first-order valence-electron chi connectivity index (χ1n) is 22.8. The molecule has 0 aliphatic carbocycles. The third-order valence-corrected chi connectivity index (χ3v) is 11.3. The van der Waals surface area contributed by atoms with Crippen LogP contribution in [0.25, 0.3) is 0 Å². The fourth-order valence-electron chi connectivity index (χ4n) is 6.69. The summed E-state index contributed by atoms with van der Waals surface area (Å²) in [7, 11) is -1.41. The Morgan fingerprint density at radius 3 is 1.15 bits per heavy atom. The van der Waals surface area contributed by atoms with Crippen molar-refractivity contribution in [3.05, 3.63) is 30.3 Å². The first-order valence-corrected chi connectivity index (χ1v) is 23.8. The topological polar surface area (TPSA) is 46.2 Å². The second-order valence-electron chi connectivity index (χ2n) is 15.2. The maximum absolute atomic E-state index is 6.37. The van der Waals surface area contributed by atoms with E-state index >= 15 is 0 Å². The Bertz CT molecular complexity index is 765. The Morgan fingerprint density at radius 1 is 0.385 bits per heavy atom. The van der Waals surface area contributed by atoms with Crippen LogP contribution in [0.1, 0.15) is 220 Å². The Labute approximate surface area is 325 Å². The zero-order chi connectivity index (χ0) is 37.4. The summed E-state index contributed by atoms with van der Waals surface area (Å²) >= 11 is 0. The van der Waals surface area contributed by atoms with Crippen molar-refractivity contribution >= 4 is 8.60 Å². The van der Waals surface area contributed by atoms with Crippen LogP contribution in [0.5, 0.6) is 5.75 Å². The van der Waals surface area contributed by atoms with Crippen molar-refractivity contribution in [1.29, 1.82) is 0 Å². The van der Waals surface area contributed by atoms with Gasteiger partial charge >= 0.3 is 8.60 Å². The minimum atomic E-state index is -1.41. The molecule has 0 aliphatic heterocycles. The summed E-state index contributed by atoms with van der Waals surface area (Å²) in [5, 5.41) is 0. The minimum absolute atomic E-state index is 0.413. The lowest BCUT2D eigenvalue weighted by atomic mass is 10.0. The molecule has 0 amide bonds. The molecule has 0 spiro atoms. The van der Waals surface area contributed by atoms with Crippen LogP contribution in [0.4, 0.5) is 0 Å². The number of unbranched alkanes of at least 4 members (excludes halogenated alkanes) is 20. The molecule has 0 heterocycles. The molecule has 0 aliphatic rings. The van der Waals surface area contributed by atoms with Gasteiger partial charge in [-0.25, -0.2) is 0 Å². The van der Waals surface area contributed by atoms with Crippen LogP contribution in [0.15, 0.2) is 30.3 Å². The van der Waals surface area contributed by atoms with E-state index in [1.807, 2.05) is 30.3 Å². The second-order valence-corrected chi connectivity index (χ2v) is 16.4. The van der Waals surface area contributed by atoms with Crippen LogP contribution in [-0.2, 0) is 18.5 Å². The van der Waals surface area contributed by atoms with Gasteiger partial charge in [-0.05, 0) is 63.5 Å². The summed E-state index contributed by atoms with van der Waals surface area (Å²) in [6, 6.07) is 9.98. The van der Waals surface area contributed by atoms with Gasteiger partial charge < -0.3 is 23.0 Å². The summed E-state index contributed by atoms with van der Waals surface area (Å²) in [6.45, 7) is 12.3.